The fraction of sp³-hybridized carbons (Fsp3) is 0.974. The summed E-state index contributed by atoms with van der Waals surface area (Å²) in [6.07, 6.45) is 2.72. The molecule has 16 atom stereocenters. The number of carbonyl (C=O) groups excluding carboxylic acids is 1. The zero-order valence-electron chi connectivity index (χ0n) is 30.5. The quantitative estimate of drug-likeness (QED) is 0.252. The van der Waals surface area contributed by atoms with E-state index in [1.54, 1.807) is 13.8 Å². The van der Waals surface area contributed by atoms with Crippen LogP contribution in [0, 0.1) is 44.3 Å². The van der Waals surface area contributed by atoms with Gasteiger partial charge in [0.15, 0.2) is 12.1 Å². The number of aliphatic hydroxyl groups excluding tert-OH is 3. The van der Waals surface area contributed by atoms with Crippen molar-refractivity contribution in [2.24, 2.45) is 44.3 Å². The number of ether oxygens (including phenoxy) is 5. The molecular weight excluding hydrogens is 616 g/mol. The average molecular weight is 677 g/mol. The lowest BCUT2D eigenvalue weighted by Crippen LogP contribution is -2.65. The molecular formula is C38H60O10. The number of hydrogen-bond donors (Lipinski definition) is 4. The number of aliphatic hydroxyl groups is 4. The lowest BCUT2D eigenvalue weighted by atomic mass is 9.38. The normalized spacial score (nSPS) is 59.4. The Morgan fingerprint density at radius 2 is 1.60 bits per heavy atom. The van der Waals surface area contributed by atoms with Crippen molar-refractivity contribution in [3.8, 4) is 0 Å². The summed E-state index contributed by atoms with van der Waals surface area (Å²) in [6, 6.07) is 0. The van der Waals surface area contributed by atoms with Crippen molar-refractivity contribution in [1.82, 2.24) is 0 Å². The molecule has 10 nitrogen and oxygen atoms in total. The number of fused-ring (bicyclic) bond motifs is 7. The maximum Gasteiger partial charge on any atom is 0.303 e. The molecule has 3 heterocycles. The van der Waals surface area contributed by atoms with E-state index in [0.29, 0.717) is 12.3 Å². The summed E-state index contributed by atoms with van der Waals surface area (Å²) in [5.41, 5.74) is -2.40. The number of carbonyl (C=O) groups is 1. The summed E-state index contributed by atoms with van der Waals surface area (Å²) < 4.78 is 32.6. The van der Waals surface area contributed by atoms with E-state index in [1.807, 2.05) is 0 Å². The highest BCUT2D eigenvalue weighted by Crippen LogP contribution is 2.92. The molecule has 8 aliphatic rings. The second kappa shape index (κ2) is 9.77. The van der Waals surface area contributed by atoms with Crippen LogP contribution in [-0.2, 0) is 28.5 Å². The third-order valence-electron chi connectivity index (χ3n) is 17.4. The Balaban J connectivity index is 1.15. The van der Waals surface area contributed by atoms with Gasteiger partial charge in [-0.2, -0.15) is 0 Å². The molecule has 48 heavy (non-hydrogen) atoms. The lowest BCUT2D eigenvalue weighted by molar-refractivity contribution is -0.388. The zero-order chi connectivity index (χ0) is 34.9. The molecule has 2 spiro atoms. The van der Waals surface area contributed by atoms with E-state index in [-0.39, 0.29) is 63.2 Å². The van der Waals surface area contributed by atoms with E-state index < -0.39 is 47.7 Å². The summed E-state index contributed by atoms with van der Waals surface area (Å²) in [5, 5.41) is 42.5. The molecule has 8 fully saturated rings. The minimum Gasteiger partial charge on any atom is -0.459 e. The third-order valence-corrected chi connectivity index (χ3v) is 17.4. The van der Waals surface area contributed by atoms with Gasteiger partial charge < -0.3 is 44.1 Å². The number of esters is 1. The van der Waals surface area contributed by atoms with Gasteiger partial charge >= 0.3 is 5.97 Å². The molecule has 4 N–H and O–H groups in total. The van der Waals surface area contributed by atoms with Crippen LogP contribution in [0.4, 0.5) is 0 Å². The van der Waals surface area contributed by atoms with Gasteiger partial charge in [-0.05, 0) is 105 Å². The van der Waals surface area contributed by atoms with Gasteiger partial charge in [-0.25, -0.2) is 0 Å². The first kappa shape index (κ1) is 34.2. The monoisotopic (exact) mass is 676 g/mol. The van der Waals surface area contributed by atoms with E-state index in [2.05, 4.69) is 41.5 Å². The van der Waals surface area contributed by atoms with E-state index in [4.69, 9.17) is 23.7 Å². The molecule has 0 aromatic rings. The smallest absolute Gasteiger partial charge is 0.303 e. The van der Waals surface area contributed by atoms with E-state index in [0.717, 1.165) is 51.4 Å². The van der Waals surface area contributed by atoms with Gasteiger partial charge in [-0.3, -0.25) is 4.79 Å². The molecule has 3 aliphatic heterocycles. The molecule has 0 aromatic heterocycles. The minimum atomic E-state index is -1.31. The SMILES string of the molecule is CC(=O)OC1C2OC3(C(C)(C)O)CCC(C)(O3)C2C2(C)CCC34CC35CCC(OC3OCC(O)C(O)C3O)C(C)(C)C5(C)CCC4C12C. The van der Waals surface area contributed by atoms with Gasteiger partial charge in [-0.1, -0.05) is 34.6 Å². The highest BCUT2D eigenvalue weighted by molar-refractivity contribution is 5.66. The number of rotatable bonds is 4. The summed E-state index contributed by atoms with van der Waals surface area (Å²) in [5.74, 6) is -1.08. The van der Waals surface area contributed by atoms with Crippen LogP contribution < -0.4 is 0 Å². The maximum atomic E-state index is 13.0. The Kier molecular flexibility index (Phi) is 6.97. The Morgan fingerprint density at radius 1 is 0.896 bits per heavy atom. The van der Waals surface area contributed by atoms with Gasteiger partial charge in [0.05, 0.1) is 18.3 Å². The topological polar surface area (TPSA) is 144 Å². The summed E-state index contributed by atoms with van der Waals surface area (Å²) in [7, 11) is 0. The zero-order valence-corrected chi connectivity index (χ0v) is 30.5. The van der Waals surface area contributed by atoms with Crippen LogP contribution >= 0.6 is 0 Å². The molecule has 0 radical (unpaired) electrons. The Labute approximate surface area is 285 Å². The van der Waals surface area contributed by atoms with Crippen molar-refractivity contribution in [1.29, 1.82) is 0 Å². The third kappa shape index (κ3) is 3.70. The van der Waals surface area contributed by atoms with Gasteiger partial charge in [0, 0.05) is 24.7 Å². The molecule has 3 saturated heterocycles. The van der Waals surface area contributed by atoms with Crippen molar-refractivity contribution >= 4 is 5.97 Å². The van der Waals surface area contributed by atoms with Gasteiger partial charge in [0.2, 0.25) is 0 Å². The average Bonchev–Trinajstić information content (AvgIpc) is 3.51. The largest absolute Gasteiger partial charge is 0.459 e. The van der Waals surface area contributed by atoms with Crippen molar-refractivity contribution in [2.75, 3.05) is 6.61 Å². The van der Waals surface area contributed by atoms with E-state index in [9.17, 15) is 25.2 Å². The van der Waals surface area contributed by atoms with Crippen molar-refractivity contribution in [3.05, 3.63) is 0 Å². The number of hydrogen-bond acceptors (Lipinski definition) is 10. The van der Waals surface area contributed by atoms with Crippen LogP contribution in [0.25, 0.3) is 0 Å². The summed E-state index contributed by atoms with van der Waals surface area (Å²) >= 11 is 0. The fourth-order valence-corrected chi connectivity index (χ4v) is 14.5. The molecule has 5 saturated carbocycles. The lowest BCUT2D eigenvalue weighted by Gasteiger charge is -2.67. The summed E-state index contributed by atoms with van der Waals surface area (Å²) in [6.45, 7) is 19.1. The predicted molar refractivity (Wildman–Crippen MR) is 173 cm³/mol. The highest BCUT2D eigenvalue weighted by atomic mass is 16.7. The standard InChI is InChI=1S/C38H60O10/c1-20(39)45-28-26-27(33(7)15-17-38(47-26,48-33)31(4,5)43)32(6)14-16-36-19-37(36)13-11-23(46-29-25(42)24(41)21(40)18-44-29)30(2,3)34(37,8)12-10-22(36)35(28,32)9/h21-29,40-43H,10-19H2,1-9H3. The first-order valence-electron chi connectivity index (χ1n) is 18.7. The second-order valence-corrected chi connectivity index (χ2v) is 19.5. The first-order valence-corrected chi connectivity index (χ1v) is 18.7. The predicted octanol–water partition coefficient (Wildman–Crippen LogP) is 4.23. The van der Waals surface area contributed by atoms with Crippen LogP contribution in [0.1, 0.15) is 120 Å². The van der Waals surface area contributed by atoms with Gasteiger partial charge in [0.1, 0.15) is 36.1 Å². The minimum absolute atomic E-state index is 0.0223. The van der Waals surface area contributed by atoms with Gasteiger partial charge in [0.25, 0.3) is 0 Å². The molecule has 2 bridgehead atoms. The molecule has 0 aromatic carbocycles. The Morgan fingerprint density at radius 3 is 2.27 bits per heavy atom. The molecule has 5 aliphatic carbocycles. The molecule has 272 valence electrons. The highest BCUT2D eigenvalue weighted by Gasteiger charge is 2.89. The first-order chi connectivity index (χ1) is 22.1. The van der Waals surface area contributed by atoms with E-state index >= 15 is 0 Å². The van der Waals surface area contributed by atoms with Crippen LogP contribution in [0.3, 0.4) is 0 Å². The summed E-state index contributed by atoms with van der Waals surface area (Å²) in [4.78, 5) is 13.0. The maximum absolute atomic E-state index is 13.0. The van der Waals surface area contributed by atoms with Crippen molar-refractivity contribution in [3.63, 3.8) is 0 Å². The van der Waals surface area contributed by atoms with Crippen LogP contribution in [0.5, 0.6) is 0 Å². The van der Waals surface area contributed by atoms with Crippen molar-refractivity contribution < 1.29 is 48.9 Å². The van der Waals surface area contributed by atoms with E-state index in [1.165, 1.54) is 6.92 Å². The Hall–Kier alpha value is -0.850. The molecule has 10 heteroatoms. The van der Waals surface area contributed by atoms with Crippen molar-refractivity contribution in [2.45, 2.75) is 180 Å². The Bertz CT molecular complexity index is 1380. The van der Waals surface area contributed by atoms with Gasteiger partial charge in [-0.15, -0.1) is 0 Å². The fourth-order valence-electron chi connectivity index (χ4n) is 14.5. The van der Waals surface area contributed by atoms with Crippen LogP contribution in [0.2, 0.25) is 0 Å². The molecule has 0 amide bonds. The van der Waals surface area contributed by atoms with Crippen LogP contribution in [-0.4, -0.2) is 92.9 Å². The van der Waals surface area contributed by atoms with Crippen LogP contribution in [0.15, 0.2) is 0 Å². The second-order valence-electron chi connectivity index (χ2n) is 19.5. The molecule has 8 rings (SSSR count). The molecule has 16 unspecified atom stereocenters.